The molecule has 4 N–H and O–H groups in total. The fourth-order valence-corrected chi connectivity index (χ4v) is 3.62. The van der Waals surface area contributed by atoms with Crippen LogP contribution >= 0.6 is 11.6 Å². The molecule has 0 fully saturated rings. The molecular weight excluding hydrogens is 419 g/mol. The molecular formula is C23H24ClFN4O2. The quantitative estimate of drug-likeness (QED) is 0.470. The Kier molecular flexibility index (Phi) is 7.07. The molecule has 0 saturated heterocycles. The van der Waals surface area contributed by atoms with Crippen LogP contribution in [0.15, 0.2) is 48.7 Å². The van der Waals surface area contributed by atoms with E-state index in [-0.39, 0.29) is 29.2 Å². The number of hydrogen-bond donors (Lipinski definition) is 3. The Balaban J connectivity index is 1.94. The molecule has 0 bridgehead atoms. The number of nitrogens with two attached hydrogens (primary N) is 1. The zero-order chi connectivity index (χ0) is 22.5. The van der Waals surface area contributed by atoms with E-state index in [0.717, 1.165) is 6.42 Å². The highest BCUT2D eigenvalue weighted by Gasteiger charge is 2.24. The molecule has 3 rings (SSSR count). The molecule has 8 heteroatoms. The SMILES string of the molecule is CCC(C)c1cccc(-c2[nH]ncc2C(=O)NC(CC(N)=O)c2cccc(Cl)c2)c1F. The summed E-state index contributed by atoms with van der Waals surface area (Å²) in [6.45, 7) is 3.93. The summed E-state index contributed by atoms with van der Waals surface area (Å²) in [5, 5.41) is 9.93. The topological polar surface area (TPSA) is 101 Å². The van der Waals surface area contributed by atoms with Crippen molar-refractivity contribution in [3.8, 4) is 11.3 Å². The van der Waals surface area contributed by atoms with Crippen molar-refractivity contribution >= 4 is 23.4 Å². The second kappa shape index (κ2) is 9.75. The average molecular weight is 443 g/mol. The van der Waals surface area contributed by atoms with Gasteiger partial charge in [-0.25, -0.2) is 4.39 Å². The third-order valence-electron chi connectivity index (χ3n) is 5.29. The number of nitrogens with zero attached hydrogens (tertiary/aromatic N) is 1. The summed E-state index contributed by atoms with van der Waals surface area (Å²) in [4.78, 5) is 24.6. The van der Waals surface area contributed by atoms with Gasteiger partial charge < -0.3 is 11.1 Å². The molecule has 1 aromatic heterocycles. The minimum Gasteiger partial charge on any atom is -0.370 e. The van der Waals surface area contributed by atoms with Crippen LogP contribution in [0.25, 0.3) is 11.3 Å². The van der Waals surface area contributed by atoms with Gasteiger partial charge in [0, 0.05) is 10.6 Å². The lowest BCUT2D eigenvalue weighted by Crippen LogP contribution is -2.32. The molecule has 0 radical (unpaired) electrons. The van der Waals surface area contributed by atoms with E-state index in [1.54, 1.807) is 42.5 Å². The lowest BCUT2D eigenvalue weighted by molar-refractivity contribution is -0.118. The normalized spacial score (nSPS) is 12.9. The van der Waals surface area contributed by atoms with E-state index < -0.39 is 23.7 Å². The zero-order valence-electron chi connectivity index (χ0n) is 17.3. The second-order valence-corrected chi connectivity index (χ2v) is 7.86. The summed E-state index contributed by atoms with van der Waals surface area (Å²) >= 11 is 6.05. The number of halogens is 2. The number of benzene rings is 2. The number of rotatable bonds is 8. The van der Waals surface area contributed by atoms with E-state index in [2.05, 4.69) is 15.5 Å². The maximum atomic E-state index is 15.2. The van der Waals surface area contributed by atoms with Crippen LogP contribution in [0.4, 0.5) is 4.39 Å². The number of aromatic nitrogens is 2. The first-order chi connectivity index (χ1) is 14.8. The average Bonchev–Trinajstić information content (AvgIpc) is 3.22. The first-order valence-electron chi connectivity index (χ1n) is 9.98. The van der Waals surface area contributed by atoms with E-state index in [1.807, 2.05) is 13.8 Å². The number of carbonyl (C=O) groups is 2. The van der Waals surface area contributed by atoms with E-state index >= 15 is 4.39 Å². The van der Waals surface area contributed by atoms with Crippen LogP contribution in [0, 0.1) is 5.82 Å². The maximum absolute atomic E-state index is 15.2. The van der Waals surface area contributed by atoms with Crippen molar-refractivity contribution in [2.24, 2.45) is 5.73 Å². The monoisotopic (exact) mass is 442 g/mol. The Morgan fingerprint density at radius 3 is 2.68 bits per heavy atom. The van der Waals surface area contributed by atoms with Crippen molar-refractivity contribution in [1.29, 1.82) is 0 Å². The summed E-state index contributed by atoms with van der Waals surface area (Å²) in [6, 6.07) is 11.2. The number of primary amides is 1. The van der Waals surface area contributed by atoms with Crippen LogP contribution < -0.4 is 11.1 Å². The van der Waals surface area contributed by atoms with Crippen LogP contribution in [0.1, 0.15) is 60.1 Å². The van der Waals surface area contributed by atoms with Crippen LogP contribution in [0.2, 0.25) is 5.02 Å². The lowest BCUT2D eigenvalue weighted by atomic mass is 9.94. The van der Waals surface area contributed by atoms with Crippen molar-refractivity contribution in [3.63, 3.8) is 0 Å². The summed E-state index contributed by atoms with van der Waals surface area (Å²) in [5.41, 5.74) is 7.27. The minimum atomic E-state index is -0.692. The van der Waals surface area contributed by atoms with Gasteiger partial charge in [0.05, 0.1) is 29.9 Å². The largest absolute Gasteiger partial charge is 0.370 e. The maximum Gasteiger partial charge on any atom is 0.255 e. The van der Waals surface area contributed by atoms with Gasteiger partial charge in [0.15, 0.2) is 0 Å². The summed E-state index contributed by atoms with van der Waals surface area (Å²) in [7, 11) is 0. The van der Waals surface area contributed by atoms with E-state index in [1.165, 1.54) is 6.20 Å². The van der Waals surface area contributed by atoms with Crippen molar-refractivity contribution in [3.05, 3.63) is 76.2 Å². The highest BCUT2D eigenvalue weighted by atomic mass is 35.5. The van der Waals surface area contributed by atoms with Crippen molar-refractivity contribution < 1.29 is 14.0 Å². The summed E-state index contributed by atoms with van der Waals surface area (Å²) in [6.07, 6.45) is 2.00. The van der Waals surface area contributed by atoms with Crippen molar-refractivity contribution in [2.45, 2.75) is 38.6 Å². The third-order valence-corrected chi connectivity index (χ3v) is 5.52. The van der Waals surface area contributed by atoms with Gasteiger partial charge in [-0.15, -0.1) is 0 Å². The molecule has 0 aliphatic rings. The van der Waals surface area contributed by atoms with Gasteiger partial charge in [-0.2, -0.15) is 5.10 Å². The molecule has 1 heterocycles. The van der Waals surface area contributed by atoms with Crippen molar-refractivity contribution in [1.82, 2.24) is 15.5 Å². The van der Waals surface area contributed by atoms with Gasteiger partial charge in [-0.05, 0) is 41.7 Å². The minimum absolute atomic E-state index is 0.0305. The number of nitrogens with one attached hydrogen (secondary N) is 2. The third kappa shape index (κ3) is 5.11. The smallest absolute Gasteiger partial charge is 0.255 e. The van der Waals surface area contributed by atoms with Gasteiger partial charge in [-0.3, -0.25) is 14.7 Å². The lowest BCUT2D eigenvalue weighted by Gasteiger charge is -2.18. The van der Waals surface area contributed by atoms with Gasteiger partial charge >= 0.3 is 0 Å². The fourth-order valence-electron chi connectivity index (χ4n) is 3.42. The molecule has 31 heavy (non-hydrogen) atoms. The van der Waals surface area contributed by atoms with Crippen LogP contribution in [-0.4, -0.2) is 22.0 Å². The predicted molar refractivity (Wildman–Crippen MR) is 118 cm³/mol. The van der Waals surface area contributed by atoms with E-state index in [0.29, 0.717) is 16.1 Å². The van der Waals surface area contributed by atoms with Crippen LogP contribution in [0.5, 0.6) is 0 Å². The molecule has 2 aromatic carbocycles. The summed E-state index contributed by atoms with van der Waals surface area (Å²) in [5.74, 6) is -1.45. The first-order valence-corrected chi connectivity index (χ1v) is 10.4. The van der Waals surface area contributed by atoms with Gasteiger partial charge in [0.2, 0.25) is 5.91 Å². The Hall–Kier alpha value is -3.19. The molecule has 0 aliphatic heterocycles. The van der Waals surface area contributed by atoms with Gasteiger partial charge in [-0.1, -0.05) is 49.7 Å². The molecule has 2 amide bonds. The van der Waals surface area contributed by atoms with Gasteiger partial charge in [0.1, 0.15) is 5.82 Å². The Bertz CT molecular complexity index is 1100. The number of aromatic amines is 1. The fraction of sp³-hybridized carbons (Fsp3) is 0.261. The molecule has 162 valence electrons. The van der Waals surface area contributed by atoms with Crippen LogP contribution in [-0.2, 0) is 4.79 Å². The van der Waals surface area contributed by atoms with Gasteiger partial charge in [0.25, 0.3) is 5.91 Å². The van der Waals surface area contributed by atoms with E-state index in [9.17, 15) is 9.59 Å². The molecule has 0 saturated carbocycles. The number of carbonyl (C=O) groups excluding carboxylic acids is 2. The summed E-state index contributed by atoms with van der Waals surface area (Å²) < 4.78 is 15.2. The second-order valence-electron chi connectivity index (χ2n) is 7.43. The molecule has 0 spiro atoms. The molecule has 3 aromatic rings. The molecule has 6 nitrogen and oxygen atoms in total. The predicted octanol–water partition coefficient (Wildman–Crippen LogP) is 4.73. The number of H-pyrrole nitrogens is 1. The van der Waals surface area contributed by atoms with Crippen LogP contribution in [0.3, 0.4) is 0 Å². The standard InChI is InChI=1S/C23H24ClFN4O2/c1-3-13(2)16-8-5-9-17(21(16)25)22-18(12-27-29-22)23(31)28-19(11-20(26)30)14-6-4-7-15(24)10-14/h4-10,12-13,19H,3,11H2,1-2H3,(H2,26,30)(H,27,29)(H,28,31). The Morgan fingerprint density at radius 2 is 2.00 bits per heavy atom. The molecule has 0 aliphatic carbocycles. The first kappa shape index (κ1) is 22.5. The number of amides is 2. The molecule has 2 atom stereocenters. The van der Waals surface area contributed by atoms with Crippen molar-refractivity contribution in [2.75, 3.05) is 0 Å². The van der Waals surface area contributed by atoms with E-state index in [4.69, 9.17) is 17.3 Å². The molecule has 2 unspecified atom stereocenters. The highest BCUT2D eigenvalue weighted by Crippen LogP contribution is 2.31. The highest BCUT2D eigenvalue weighted by molar-refractivity contribution is 6.30. The zero-order valence-corrected chi connectivity index (χ0v) is 18.0. The Morgan fingerprint density at radius 1 is 1.26 bits per heavy atom. The number of hydrogen-bond acceptors (Lipinski definition) is 3. The Labute approximate surface area is 185 Å².